The smallest absolute Gasteiger partial charge is 0.194 e. The van der Waals surface area contributed by atoms with Gasteiger partial charge >= 0.3 is 0 Å². The molecule has 0 aliphatic carbocycles. The number of hydrogen-bond acceptors (Lipinski definition) is 3. The molecule has 1 aromatic carbocycles. The van der Waals surface area contributed by atoms with E-state index in [1.807, 2.05) is 12.3 Å². The summed E-state index contributed by atoms with van der Waals surface area (Å²) in [5.74, 6) is 0.986. The number of anilines is 1. The first-order chi connectivity index (χ1) is 12.3. The van der Waals surface area contributed by atoms with E-state index in [1.165, 1.54) is 11.3 Å². The molecule has 25 heavy (non-hydrogen) atoms. The zero-order chi connectivity index (χ0) is 17.5. The van der Waals surface area contributed by atoms with Crippen LogP contribution in [0.4, 0.5) is 5.69 Å². The summed E-state index contributed by atoms with van der Waals surface area (Å²) in [6.45, 7) is 9.66. The highest BCUT2D eigenvalue weighted by Crippen LogP contribution is 2.15. The van der Waals surface area contributed by atoms with Crippen LogP contribution in [0.1, 0.15) is 18.2 Å². The topological polar surface area (TPSA) is 43.8 Å². The lowest BCUT2D eigenvalue weighted by Crippen LogP contribution is -2.52. The molecular weight excluding hydrogens is 310 g/mol. The molecule has 5 heteroatoms. The first-order valence-corrected chi connectivity index (χ1v) is 9.01. The third-order valence-electron chi connectivity index (χ3n) is 4.53. The zero-order valence-electron chi connectivity index (χ0n) is 15.2. The van der Waals surface area contributed by atoms with E-state index in [-0.39, 0.29) is 0 Å². The van der Waals surface area contributed by atoms with Crippen LogP contribution in [0.25, 0.3) is 0 Å². The van der Waals surface area contributed by atoms with Crippen LogP contribution in [0.2, 0.25) is 0 Å². The molecule has 0 saturated carbocycles. The number of aromatic nitrogens is 1. The fourth-order valence-electron chi connectivity index (χ4n) is 3.07. The molecule has 2 aromatic rings. The summed E-state index contributed by atoms with van der Waals surface area (Å²) in [7, 11) is 0. The van der Waals surface area contributed by atoms with Gasteiger partial charge in [0.05, 0.1) is 12.2 Å². The Labute approximate surface area is 150 Å². The molecule has 3 rings (SSSR count). The minimum Gasteiger partial charge on any atom is -0.368 e. The van der Waals surface area contributed by atoms with E-state index in [9.17, 15) is 0 Å². The summed E-state index contributed by atoms with van der Waals surface area (Å²) in [5, 5.41) is 3.43. The molecule has 0 amide bonds. The first kappa shape index (κ1) is 17.3. The first-order valence-electron chi connectivity index (χ1n) is 9.01. The molecule has 1 aliphatic heterocycles. The SMILES string of the molecule is CCNC(=NCc1ncccc1C)N1CCN(c2ccccc2)CC1. The van der Waals surface area contributed by atoms with Crippen molar-refractivity contribution in [3.8, 4) is 0 Å². The molecule has 1 aromatic heterocycles. The molecule has 1 N–H and O–H groups in total. The molecule has 0 bridgehead atoms. The van der Waals surface area contributed by atoms with Gasteiger partial charge in [0.25, 0.3) is 0 Å². The standard InChI is InChI=1S/C20H27N5/c1-3-21-20(23-16-19-17(2)8-7-11-22-19)25-14-12-24(13-15-25)18-9-5-4-6-10-18/h4-11H,3,12-16H2,1-2H3,(H,21,23). The maximum Gasteiger partial charge on any atom is 0.194 e. The second kappa shape index (κ2) is 8.51. The van der Waals surface area contributed by atoms with E-state index in [4.69, 9.17) is 4.99 Å². The van der Waals surface area contributed by atoms with Gasteiger partial charge in [0, 0.05) is 44.6 Å². The Kier molecular flexibility index (Phi) is 5.88. The van der Waals surface area contributed by atoms with Gasteiger partial charge in [-0.3, -0.25) is 4.98 Å². The Balaban J connectivity index is 1.64. The third kappa shape index (κ3) is 4.50. The number of piperazine rings is 1. The minimum atomic E-state index is 0.619. The minimum absolute atomic E-state index is 0.619. The van der Waals surface area contributed by atoms with E-state index >= 15 is 0 Å². The lowest BCUT2D eigenvalue weighted by Gasteiger charge is -2.37. The van der Waals surface area contributed by atoms with Gasteiger partial charge < -0.3 is 15.1 Å². The molecule has 1 aliphatic rings. The number of nitrogens with one attached hydrogen (secondary N) is 1. The van der Waals surface area contributed by atoms with Crippen molar-refractivity contribution in [3.05, 3.63) is 59.9 Å². The Bertz CT molecular complexity index is 690. The number of guanidine groups is 1. The number of aliphatic imine (C=N–C) groups is 1. The Morgan fingerprint density at radius 1 is 1.08 bits per heavy atom. The van der Waals surface area contributed by atoms with Gasteiger partial charge in [-0.05, 0) is 37.6 Å². The highest BCUT2D eigenvalue weighted by Gasteiger charge is 2.19. The molecule has 132 valence electrons. The summed E-state index contributed by atoms with van der Waals surface area (Å²) in [6.07, 6.45) is 1.84. The predicted molar refractivity (Wildman–Crippen MR) is 104 cm³/mol. The molecule has 0 atom stereocenters. The number of benzene rings is 1. The monoisotopic (exact) mass is 337 g/mol. The van der Waals surface area contributed by atoms with Crippen molar-refractivity contribution >= 4 is 11.6 Å². The van der Waals surface area contributed by atoms with Crippen LogP contribution in [0.3, 0.4) is 0 Å². The summed E-state index contributed by atoms with van der Waals surface area (Å²) in [6, 6.07) is 14.7. The number of nitrogens with zero attached hydrogens (tertiary/aromatic N) is 4. The number of aryl methyl sites for hydroxylation is 1. The van der Waals surface area contributed by atoms with Crippen LogP contribution in [-0.4, -0.2) is 48.6 Å². The van der Waals surface area contributed by atoms with E-state index in [1.54, 1.807) is 0 Å². The fourth-order valence-corrected chi connectivity index (χ4v) is 3.07. The quantitative estimate of drug-likeness (QED) is 0.688. The van der Waals surface area contributed by atoms with Crippen LogP contribution in [0, 0.1) is 6.92 Å². The average molecular weight is 337 g/mol. The van der Waals surface area contributed by atoms with Crippen LogP contribution in [0.5, 0.6) is 0 Å². The summed E-state index contributed by atoms with van der Waals surface area (Å²) < 4.78 is 0. The molecule has 5 nitrogen and oxygen atoms in total. The zero-order valence-corrected chi connectivity index (χ0v) is 15.2. The highest BCUT2D eigenvalue weighted by atomic mass is 15.3. The van der Waals surface area contributed by atoms with Crippen molar-refractivity contribution in [2.75, 3.05) is 37.6 Å². The maximum atomic E-state index is 4.82. The number of hydrogen-bond donors (Lipinski definition) is 1. The average Bonchev–Trinajstić information content (AvgIpc) is 2.67. The summed E-state index contributed by atoms with van der Waals surface area (Å²) in [4.78, 5) is 14.0. The number of para-hydroxylation sites is 1. The second-order valence-electron chi connectivity index (χ2n) is 6.25. The maximum absolute atomic E-state index is 4.82. The van der Waals surface area contributed by atoms with E-state index in [0.717, 1.165) is 44.4 Å². The highest BCUT2D eigenvalue weighted by molar-refractivity contribution is 5.80. The van der Waals surface area contributed by atoms with Crippen LogP contribution in [0.15, 0.2) is 53.7 Å². The van der Waals surface area contributed by atoms with Crippen LogP contribution < -0.4 is 10.2 Å². The van der Waals surface area contributed by atoms with Crippen molar-refractivity contribution < 1.29 is 0 Å². The molecule has 1 saturated heterocycles. The summed E-state index contributed by atoms with van der Waals surface area (Å²) in [5.41, 5.74) is 3.53. The van der Waals surface area contributed by atoms with Crippen LogP contribution >= 0.6 is 0 Å². The van der Waals surface area contributed by atoms with Crippen molar-refractivity contribution in [2.45, 2.75) is 20.4 Å². The Hall–Kier alpha value is -2.56. The molecule has 0 unspecified atom stereocenters. The Morgan fingerprint density at radius 2 is 1.84 bits per heavy atom. The van der Waals surface area contributed by atoms with Crippen molar-refractivity contribution in [1.29, 1.82) is 0 Å². The largest absolute Gasteiger partial charge is 0.368 e. The van der Waals surface area contributed by atoms with Gasteiger partial charge in [-0.1, -0.05) is 24.3 Å². The van der Waals surface area contributed by atoms with Gasteiger partial charge in [0.2, 0.25) is 0 Å². The van der Waals surface area contributed by atoms with Crippen molar-refractivity contribution in [2.24, 2.45) is 4.99 Å². The summed E-state index contributed by atoms with van der Waals surface area (Å²) >= 11 is 0. The van der Waals surface area contributed by atoms with E-state index in [2.05, 4.69) is 70.3 Å². The number of pyridine rings is 1. The molecular formula is C20H27N5. The van der Waals surface area contributed by atoms with E-state index < -0.39 is 0 Å². The normalized spacial score (nSPS) is 15.4. The van der Waals surface area contributed by atoms with E-state index in [0.29, 0.717) is 6.54 Å². The van der Waals surface area contributed by atoms with Gasteiger partial charge in [-0.15, -0.1) is 0 Å². The van der Waals surface area contributed by atoms with Gasteiger partial charge in [-0.2, -0.15) is 0 Å². The Morgan fingerprint density at radius 3 is 2.52 bits per heavy atom. The molecule has 0 radical (unpaired) electrons. The predicted octanol–water partition coefficient (Wildman–Crippen LogP) is 2.68. The van der Waals surface area contributed by atoms with Gasteiger partial charge in [0.15, 0.2) is 5.96 Å². The third-order valence-corrected chi connectivity index (χ3v) is 4.53. The fraction of sp³-hybridized carbons (Fsp3) is 0.400. The number of rotatable bonds is 4. The lowest BCUT2D eigenvalue weighted by molar-refractivity contribution is 0.372. The van der Waals surface area contributed by atoms with Crippen LogP contribution in [-0.2, 0) is 6.54 Å². The van der Waals surface area contributed by atoms with Crippen molar-refractivity contribution in [3.63, 3.8) is 0 Å². The molecule has 2 heterocycles. The lowest BCUT2D eigenvalue weighted by atomic mass is 10.2. The van der Waals surface area contributed by atoms with Gasteiger partial charge in [0.1, 0.15) is 0 Å². The molecule has 1 fully saturated rings. The second-order valence-corrected chi connectivity index (χ2v) is 6.25. The molecule has 0 spiro atoms. The van der Waals surface area contributed by atoms with Gasteiger partial charge in [-0.25, -0.2) is 4.99 Å². The van der Waals surface area contributed by atoms with Crippen molar-refractivity contribution in [1.82, 2.24) is 15.2 Å².